The molecule has 19 heavy (non-hydrogen) atoms. The molecule has 2 heterocycles. The van der Waals surface area contributed by atoms with Gasteiger partial charge in [-0.2, -0.15) is 15.0 Å². The van der Waals surface area contributed by atoms with Gasteiger partial charge in [0.25, 0.3) is 0 Å². The number of anilines is 1. The molecule has 0 aliphatic carbocycles. The Morgan fingerprint density at radius 1 is 1.42 bits per heavy atom. The van der Waals surface area contributed by atoms with E-state index in [0.717, 1.165) is 3.79 Å². The molecular formula is C11H12BrClN4OS. The molecule has 0 saturated carbocycles. The lowest BCUT2D eigenvalue weighted by Crippen LogP contribution is -2.19. The minimum Gasteiger partial charge on any atom is -0.464 e. The fraction of sp³-hybridized carbons (Fsp3) is 0.364. The Hall–Kier alpha value is -0.920. The van der Waals surface area contributed by atoms with E-state index in [1.165, 1.54) is 5.56 Å². The summed E-state index contributed by atoms with van der Waals surface area (Å²) < 4.78 is 6.35. The molecule has 0 spiro atoms. The zero-order valence-electron chi connectivity index (χ0n) is 10.4. The van der Waals surface area contributed by atoms with Gasteiger partial charge in [-0.05, 0) is 51.5 Å². The van der Waals surface area contributed by atoms with Crippen molar-refractivity contribution in [3.63, 3.8) is 0 Å². The van der Waals surface area contributed by atoms with Crippen LogP contribution in [0, 0.1) is 0 Å². The number of aromatic nitrogens is 3. The lowest BCUT2D eigenvalue weighted by molar-refractivity contribution is 0.311. The highest BCUT2D eigenvalue weighted by molar-refractivity contribution is 9.11. The van der Waals surface area contributed by atoms with Crippen molar-refractivity contribution in [1.29, 1.82) is 0 Å². The summed E-state index contributed by atoms with van der Waals surface area (Å²) in [6, 6.07) is 2.31. The van der Waals surface area contributed by atoms with Crippen LogP contribution in [0.2, 0.25) is 5.28 Å². The SMILES string of the molecule is CCOc1nc(Cl)nc(N(C)Cc2csc(Br)c2)n1. The molecule has 0 N–H and O–H groups in total. The Labute approximate surface area is 128 Å². The molecule has 0 radical (unpaired) electrons. The highest BCUT2D eigenvalue weighted by atomic mass is 79.9. The molecule has 0 atom stereocenters. The third-order valence-electron chi connectivity index (χ3n) is 2.23. The number of ether oxygens (including phenoxy) is 1. The van der Waals surface area contributed by atoms with Gasteiger partial charge in [-0.1, -0.05) is 0 Å². The van der Waals surface area contributed by atoms with Crippen LogP contribution in [0.4, 0.5) is 5.95 Å². The van der Waals surface area contributed by atoms with Gasteiger partial charge in [0.1, 0.15) is 0 Å². The maximum atomic E-state index is 5.86. The lowest BCUT2D eigenvalue weighted by Gasteiger charge is -2.16. The molecule has 0 fully saturated rings. The van der Waals surface area contributed by atoms with E-state index >= 15 is 0 Å². The molecule has 102 valence electrons. The Balaban J connectivity index is 2.15. The summed E-state index contributed by atoms with van der Waals surface area (Å²) in [7, 11) is 1.90. The molecule has 2 rings (SSSR count). The second-order valence-corrected chi connectivity index (χ2v) is 6.36. The number of hydrogen-bond acceptors (Lipinski definition) is 6. The lowest BCUT2D eigenvalue weighted by atomic mass is 10.3. The van der Waals surface area contributed by atoms with E-state index in [4.69, 9.17) is 16.3 Å². The first-order valence-electron chi connectivity index (χ1n) is 5.57. The minimum atomic E-state index is 0.131. The van der Waals surface area contributed by atoms with E-state index in [9.17, 15) is 0 Å². The van der Waals surface area contributed by atoms with Crippen LogP contribution in [0.5, 0.6) is 6.01 Å². The Morgan fingerprint density at radius 2 is 2.21 bits per heavy atom. The van der Waals surface area contributed by atoms with Crippen LogP contribution >= 0.6 is 38.9 Å². The topological polar surface area (TPSA) is 51.1 Å². The smallest absolute Gasteiger partial charge is 0.322 e. The van der Waals surface area contributed by atoms with Gasteiger partial charge in [0.15, 0.2) is 0 Å². The normalized spacial score (nSPS) is 10.5. The van der Waals surface area contributed by atoms with Gasteiger partial charge in [-0.15, -0.1) is 11.3 Å². The van der Waals surface area contributed by atoms with Gasteiger partial charge in [0.05, 0.1) is 10.4 Å². The van der Waals surface area contributed by atoms with Gasteiger partial charge in [-0.3, -0.25) is 0 Å². The van der Waals surface area contributed by atoms with E-state index in [1.54, 1.807) is 11.3 Å². The molecule has 0 aliphatic rings. The van der Waals surface area contributed by atoms with Crippen molar-refractivity contribution in [2.24, 2.45) is 0 Å². The molecule has 2 aromatic rings. The third kappa shape index (κ3) is 4.02. The number of hydrogen-bond donors (Lipinski definition) is 0. The number of rotatable bonds is 5. The van der Waals surface area contributed by atoms with Crippen molar-refractivity contribution in [2.45, 2.75) is 13.5 Å². The van der Waals surface area contributed by atoms with Gasteiger partial charge >= 0.3 is 6.01 Å². The van der Waals surface area contributed by atoms with Gasteiger partial charge in [0.2, 0.25) is 11.2 Å². The monoisotopic (exact) mass is 362 g/mol. The van der Waals surface area contributed by atoms with Crippen molar-refractivity contribution in [3.05, 3.63) is 26.1 Å². The van der Waals surface area contributed by atoms with Crippen LogP contribution < -0.4 is 9.64 Å². The first-order valence-corrected chi connectivity index (χ1v) is 7.62. The van der Waals surface area contributed by atoms with E-state index in [-0.39, 0.29) is 11.3 Å². The molecule has 0 bridgehead atoms. The predicted molar refractivity (Wildman–Crippen MR) is 80.1 cm³/mol. The Morgan fingerprint density at radius 3 is 2.84 bits per heavy atom. The van der Waals surface area contributed by atoms with Crippen LogP contribution in [0.25, 0.3) is 0 Å². The van der Waals surface area contributed by atoms with Crippen molar-refractivity contribution in [1.82, 2.24) is 15.0 Å². The largest absolute Gasteiger partial charge is 0.464 e. The molecule has 5 nitrogen and oxygen atoms in total. The van der Waals surface area contributed by atoms with Crippen molar-refractivity contribution >= 4 is 44.8 Å². The Kier molecular flexibility index (Phi) is 4.95. The fourth-order valence-electron chi connectivity index (χ4n) is 1.46. The first-order chi connectivity index (χ1) is 9.08. The fourth-order valence-corrected chi connectivity index (χ4v) is 2.81. The highest BCUT2D eigenvalue weighted by Gasteiger charge is 2.11. The van der Waals surface area contributed by atoms with Crippen molar-refractivity contribution < 1.29 is 4.74 Å². The maximum Gasteiger partial charge on any atom is 0.322 e. The number of nitrogens with zero attached hydrogens (tertiary/aromatic N) is 4. The van der Waals surface area contributed by atoms with E-state index in [1.807, 2.05) is 18.9 Å². The zero-order valence-corrected chi connectivity index (χ0v) is 13.6. The van der Waals surface area contributed by atoms with E-state index in [2.05, 4.69) is 42.3 Å². The average molecular weight is 364 g/mol. The third-order valence-corrected chi connectivity index (χ3v) is 3.95. The standard InChI is InChI=1S/C11H12BrClN4OS/c1-3-18-11-15-9(13)14-10(16-11)17(2)5-7-4-8(12)19-6-7/h4,6H,3,5H2,1-2H3. The van der Waals surface area contributed by atoms with Crippen LogP contribution in [-0.4, -0.2) is 28.6 Å². The summed E-state index contributed by atoms with van der Waals surface area (Å²) >= 11 is 10.9. The average Bonchev–Trinajstić information content (AvgIpc) is 2.74. The first kappa shape index (κ1) is 14.5. The van der Waals surface area contributed by atoms with Gasteiger partial charge < -0.3 is 9.64 Å². The highest BCUT2D eigenvalue weighted by Crippen LogP contribution is 2.23. The molecule has 8 heteroatoms. The number of thiophene rings is 1. The summed E-state index contributed by atoms with van der Waals surface area (Å²) in [4.78, 5) is 14.1. The van der Waals surface area contributed by atoms with E-state index < -0.39 is 0 Å². The van der Waals surface area contributed by atoms with Gasteiger partial charge in [-0.25, -0.2) is 0 Å². The van der Waals surface area contributed by atoms with Crippen molar-refractivity contribution in [3.8, 4) is 6.01 Å². The summed E-state index contributed by atoms with van der Waals surface area (Å²) in [6.07, 6.45) is 0. The van der Waals surface area contributed by atoms with Crippen LogP contribution in [0.3, 0.4) is 0 Å². The summed E-state index contributed by atoms with van der Waals surface area (Å²) in [5.41, 5.74) is 1.17. The minimum absolute atomic E-state index is 0.131. The predicted octanol–water partition coefficient (Wildman–Crippen LogP) is 3.38. The maximum absolute atomic E-state index is 5.86. The summed E-state index contributed by atoms with van der Waals surface area (Å²) in [5.74, 6) is 0.491. The second kappa shape index (κ2) is 6.49. The van der Waals surface area contributed by atoms with Crippen molar-refractivity contribution in [2.75, 3.05) is 18.6 Å². The zero-order chi connectivity index (χ0) is 13.8. The summed E-state index contributed by atoms with van der Waals surface area (Å²) in [5, 5.41) is 2.21. The molecule has 0 saturated heterocycles. The number of halogens is 2. The Bertz CT molecular complexity index is 565. The molecule has 0 amide bonds. The molecule has 2 aromatic heterocycles. The second-order valence-electron chi connectivity index (χ2n) is 3.74. The summed E-state index contributed by atoms with van der Waals surface area (Å²) in [6.45, 7) is 3.04. The molecule has 0 aromatic carbocycles. The molecule has 0 aliphatic heterocycles. The van der Waals surface area contributed by atoms with Crippen LogP contribution in [0.15, 0.2) is 15.2 Å². The van der Waals surface area contributed by atoms with Crippen LogP contribution in [0.1, 0.15) is 12.5 Å². The van der Waals surface area contributed by atoms with Crippen LogP contribution in [-0.2, 0) is 6.54 Å². The van der Waals surface area contributed by atoms with E-state index in [0.29, 0.717) is 19.1 Å². The quantitative estimate of drug-likeness (QED) is 0.815. The molecule has 0 unspecified atom stereocenters. The van der Waals surface area contributed by atoms with Gasteiger partial charge in [0, 0.05) is 13.6 Å². The molecular weight excluding hydrogens is 352 g/mol.